The van der Waals surface area contributed by atoms with Gasteiger partial charge in [-0.05, 0) is 30.3 Å². The molecule has 168 valence electrons. The van der Waals surface area contributed by atoms with Crippen LogP contribution in [0.3, 0.4) is 0 Å². The monoisotopic (exact) mass is 479 g/mol. The van der Waals surface area contributed by atoms with Gasteiger partial charge in [-0.2, -0.15) is 0 Å². The van der Waals surface area contributed by atoms with Crippen molar-refractivity contribution in [1.29, 1.82) is 0 Å². The van der Waals surface area contributed by atoms with Gasteiger partial charge in [0, 0.05) is 18.3 Å². The number of para-hydroxylation sites is 1. The molecular formula is C23H21N5O3S2. The third-order valence-corrected chi connectivity index (χ3v) is 7.37. The molecule has 10 heteroatoms. The van der Waals surface area contributed by atoms with Gasteiger partial charge >= 0.3 is 0 Å². The SMILES string of the molecule is CN(c1ccccc1)S(=O)(=O)c1cccc(NC(=O)CSc2n[nH]c(-c3ccccc3)n2)c1. The van der Waals surface area contributed by atoms with Crippen LogP contribution in [0.25, 0.3) is 11.4 Å². The maximum Gasteiger partial charge on any atom is 0.264 e. The van der Waals surface area contributed by atoms with Crippen LogP contribution in [0, 0.1) is 0 Å². The summed E-state index contributed by atoms with van der Waals surface area (Å²) in [6.07, 6.45) is 0. The molecule has 0 atom stereocenters. The normalized spacial score (nSPS) is 11.2. The van der Waals surface area contributed by atoms with Gasteiger partial charge in [-0.25, -0.2) is 13.4 Å². The number of benzene rings is 3. The average Bonchev–Trinajstić information content (AvgIpc) is 3.33. The number of carbonyl (C=O) groups excluding carboxylic acids is 1. The third-order valence-electron chi connectivity index (χ3n) is 4.74. The molecule has 1 aromatic heterocycles. The second-order valence-corrected chi connectivity index (χ2v) is 9.92. The first-order valence-electron chi connectivity index (χ1n) is 9.98. The van der Waals surface area contributed by atoms with Crippen molar-refractivity contribution in [3.8, 4) is 11.4 Å². The number of rotatable bonds is 8. The number of aromatic amines is 1. The number of carbonyl (C=O) groups is 1. The van der Waals surface area contributed by atoms with Crippen LogP contribution in [0.1, 0.15) is 0 Å². The molecule has 0 aliphatic heterocycles. The first-order valence-corrected chi connectivity index (χ1v) is 12.4. The molecule has 3 aromatic carbocycles. The molecule has 1 heterocycles. The maximum absolute atomic E-state index is 13.0. The second kappa shape index (κ2) is 9.88. The molecule has 0 saturated carbocycles. The number of nitrogens with one attached hydrogen (secondary N) is 2. The van der Waals surface area contributed by atoms with E-state index in [2.05, 4.69) is 20.5 Å². The van der Waals surface area contributed by atoms with Crippen LogP contribution in [-0.4, -0.2) is 42.3 Å². The van der Waals surface area contributed by atoms with E-state index in [1.807, 2.05) is 36.4 Å². The Bertz CT molecular complexity index is 1340. The quantitative estimate of drug-likeness (QED) is 0.370. The van der Waals surface area contributed by atoms with Gasteiger partial charge in [0.2, 0.25) is 11.1 Å². The van der Waals surface area contributed by atoms with Crippen LogP contribution < -0.4 is 9.62 Å². The lowest BCUT2D eigenvalue weighted by atomic mass is 10.2. The Labute approximate surface area is 196 Å². The predicted octanol–water partition coefficient (Wildman–Crippen LogP) is 4.03. The number of hydrogen-bond acceptors (Lipinski definition) is 6. The molecular weight excluding hydrogens is 458 g/mol. The van der Waals surface area contributed by atoms with Crippen LogP contribution >= 0.6 is 11.8 Å². The fourth-order valence-corrected chi connectivity index (χ4v) is 4.87. The summed E-state index contributed by atoms with van der Waals surface area (Å²) in [5.74, 6) is 0.406. The standard InChI is InChI=1S/C23H21N5O3S2/c1-28(19-12-6-3-7-13-19)33(30,31)20-14-8-11-18(15-20)24-21(29)16-32-23-25-22(26-27-23)17-9-4-2-5-10-17/h2-15H,16H2,1H3,(H,24,29)(H,25,26,27). The van der Waals surface area contributed by atoms with E-state index in [-0.39, 0.29) is 16.6 Å². The number of amides is 1. The zero-order valence-electron chi connectivity index (χ0n) is 17.7. The summed E-state index contributed by atoms with van der Waals surface area (Å²) in [7, 11) is -2.28. The molecule has 33 heavy (non-hydrogen) atoms. The van der Waals surface area contributed by atoms with Gasteiger partial charge < -0.3 is 5.32 Å². The van der Waals surface area contributed by atoms with Gasteiger partial charge in [0.1, 0.15) is 0 Å². The fraction of sp³-hybridized carbons (Fsp3) is 0.0870. The molecule has 4 aromatic rings. The summed E-state index contributed by atoms with van der Waals surface area (Å²) in [4.78, 5) is 16.9. The van der Waals surface area contributed by atoms with Gasteiger partial charge in [-0.3, -0.25) is 14.2 Å². The van der Waals surface area contributed by atoms with Crippen molar-refractivity contribution < 1.29 is 13.2 Å². The summed E-state index contributed by atoms with van der Waals surface area (Å²) in [5, 5.41) is 10.2. The smallest absolute Gasteiger partial charge is 0.264 e. The minimum atomic E-state index is -3.78. The molecule has 0 aliphatic rings. The molecule has 0 fully saturated rings. The van der Waals surface area contributed by atoms with Crippen molar-refractivity contribution in [1.82, 2.24) is 15.2 Å². The highest BCUT2D eigenvalue weighted by atomic mass is 32.2. The van der Waals surface area contributed by atoms with Crippen molar-refractivity contribution in [3.63, 3.8) is 0 Å². The van der Waals surface area contributed by atoms with Gasteiger partial charge in [-0.1, -0.05) is 66.4 Å². The molecule has 0 radical (unpaired) electrons. The summed E-state index contributed by atoms with van der Waals surface area (Å²) < 4.78 is 27.2. The molecule has 0 aliphatic carbocycles. The lowest BCUT2D eigenvalue weighted by Gasteiger charge is -2.19. The van der Waals surface area contributed by atoms with Crippen LogP contribution in [-0.2, 0) is 14.8 Å². The summed E-state index contributed by atoms with van der Waals surface area (Å²) in [6, 6.07) is 24.5. The molecule has 4 rings (SSSR count). The van der Waals surface area contributed by atoms with Gasteiger partial charge in [0.15, 0.2) is 5.82 Å². The molecule has 1 amide bonds. The van der Waals surface area contributed by atoms with E-state index in [4.69, 9.17) is 0 Å². The Hall–Kier alpha value is -3.63. The molecule has 0 spiro atoms. The highest BCUT2D eigenvalue weighted by Crippen LogP contribution is 2.24. The van der Waals surface area contributed by atoms with Gasteiger partial charge in [0.25, 0.3) is 10.0 Å². The van der Waals surface area contributed by atoms with E-state index < -0.39 is 10.0 Å². The highest BCUT2D eigenvalue weighted by molar-refractivity contribution is 7.99. The Morgan fingerprint density at radius 2 is 1.70 bits per heavy atom. The van der Waals surface area contributed by atoms with Crippen molar-refractivity contribution in [2.24, 2.45) is 0 Å². The van der Waals surface area contributed by atoms with E-state index in [1.54, 1.807) is 36.4 Å². The minimum absolute atomic E-state index is 0.0764. The number of hydrogen-bond donors (Lipinski definition) is 2. The number of thioether (sulfide) groups is 1. The van der Waals surface area contributed by atoms with E-state index in [0.717, 1.165) is 5.56 Å². The van der Waals surface area contributed by atoms with Crippen LogP contribution in [0.15, 0.2) is 95.0 Å². The summed E-state index contributed by atoms with van der Waals surface area (Å²) in [6.45, 7) is 0. The molecule has 0 unspecified atom stereocenters. The van der Waals surface area contributed by atoms with Crippen LogP contribution in [0.4, 0.5) is 11.4 Å². The minimum Gasteiger partial charge on any atom is -0.325 e. The molecule has 2 N–H and O–H groups in total. The zero-order chi connectivity index (χ0) is 23.3. The fourth-order valence-electron chi connectivity index (χ4n) is 3.03. The largest absolute Gasteiger partial charge is 0.325 e. The molecule has 8 nitrogen and oxygen atoms in total. The van der Waals surface area contributed by atoms with Crippen molar-refractivity contribution in [2.75, 3.05) is 22.4 Å². The number of H-pyrrole nitrogens is 1. The first kappa shape index (κ1) is 22.6. The van der Waals surface area contributed by atoms with Crippen LogP contribution in [0.5, 0.6) is 0 Å². The maximum atomic E-state index is 13.0. The number of anilines is 2. The van der Waals surface area contributed by atoms with Gasteiger partial charge in [-0.15, -0.1) is 5.10 Å². The summed E-state index contributed by atoms with van der Waals surface area (Å²) in [5.41, 5.74) is 1.84. The number of sulfonamides is 1. The van der Waals surface area contributed by atoms with Crippen molar-refractivity contribution >= 4 is 39.1 Å². The van der Waals surface area contributed by atoms with Gasteiger partial charge in [0.05, 0.1) is 16.3 Å². The Kier molecular flexibility index (Phi) is 6.76. The Morgan fingerprint density at radius 3 is 2.42 bits per heavy atom. The number of nitrogens with zero attached hydrogens (tertiary/aromatic N) is 3. The topological polar surface area (TPSA) is 108 Å². The lowest BCUT2D eigenvalue weighted by molar-refractivity contribution is -0.113. The third kappa shape index (κ3) is 5.41. The molecule has 0 saturated heterocycles. The Balaban J connectivity index is 1.39. The lowest BCUT2D eigenvalue weighted by Crippen LogP contribution is -2.26. The Morgan fingerprint density at radius 1 is 1.00 bits per heavy atom. The predicted molar refractivity (Wildman–Crippen MR) is 130 cm³/mol. The zero-order valence-corrected chi connectivity index (χ0v) is 19.3. The number of aromatic nitrogens is 3. The summed E-state index contributed by atoms with van der Waals surface area (Å²) >= 11 is 1.18. The van der Waals surface area contributed by atoms with E-state index in [9.17, 15) is 13.2 Å². The van der Waals surface area contributed by atoms with E-state index in [1.165, 1.54) is 35.2 Å². The highest BCUT2D eigenvalue weighted by Gasteiger charge is 2.21. The second-order valence-electron chi connectivity index (χ2n) is 7.01. The first-order chi connectivity index (χ1) is 15.9. The van der Waals surface area contributed by atoms with Crippen molar-refractivity contribution in [2.45, 2.75) is 10.1 Å². The van der Waals surface area contributed by atoms with Crippen molar-refractivity contribution in [3.05, 3.63) is 84.9 Å². The molecule has 0 bridgehead atoms. The van der Waals surface area contributed by atoms with E-state index in [0.29, 0.717) is 22.4 Å². The van der Waals surface area contributed by atoms with E-state index >= 15 is 0 Å². The average molecular weight is 480 g/mol. The van der Waals surface area contributed by atoms with Crippen LogP contribution in [0.2, 0.25) is 0 Å².